The van der Waals surface area contributed by atoms with Crippen LogP contribution in [0.5, 0.6) is 0 Å². The zero-order valence-corrected chi connectivity index (χ0v) is 21.4. The third kappa shape index (κ3) is 5.49. The van der Waals surface area contributed by atoms with Gasteiger partial charge in [-0.3, -0.25) is 35.6 Å². The van der Waals surface area contributed by atoms with Crippen LogP contribution < -0.4 is 10.9 Å². The van der Waals surface area contributed by atoms with Crippen LogP contribution in [0, 0.1) is 20.2 Å². The van der Waals surface area contributed by atoms with Gasteiger partial charge in [0.05, 0.1) is 39.2 Å². The van der Waals surface area contributed by atoms with Gasteiger partial charge in [-0.05, 0) is 24.3 Å². The third-order valence-electron chi connectivity index (χ3n) is 5.91. The van der Waals surface area contributed by atoms with Crippen molar-refractivity contribution in [3.63, 3.8) is 0 Å². The van der Waals surface area contributed by atoms with E-state index in [0.717, 1.165) is 22.2 Å². The first kappa shape index (κ1) is 26.1. The SMILES string of the molecule is O=[N+]([O-])c1cccc(NN=Cc2c(Cl)n(-c3ccccc3)c3c(C=NNc4cccc([N+](=O)[O-])c4)cccc23)c1. The number of nitro benzene ring substituents is 2. The minimum atomic E-state index is -0.476. The molecule has 0 unspecified atom stereocenters. The van der Waals surface area contributed by atoms with Crippen molar-refractivity contribution in [3.05, 3.63) is 134 Å². The second-order valence-electron chi connectivity index (χ2n) is 8.47. The van der Waals surface area contributed by atoms with Crippen molar-refractivity contribution in [2.45, 2.75) is 0 Å². The van der Waals surface area contributed by atoms with Gasteiger partial charge < -0.3 is 0 Å². The quantitative estimate of drug-likeness (QED) is 0.114. The van der Waals surface area contributed by atoms with Gasteiger partial charge in [0, 0.05) is 46.5 Å². The molecule has 11 nitrogen and oxygen atoms in total. The number of nitrogens with zero attached hydrogens (tertiary/aromatic N) is 5. The normalized spacial score (nSPS) is 11.3. The molecule has 5 aromatic rings. The molecule has 0 aliphatic rings. The Morgan fingerprint density at radius 2 is 1.30 bits per heavy atom. The topological polar surface area (TPSA) is 140 Å². The van der Waals surface area contributed by atoms with E-state index in [1.807, 2.05) is 53.1 Å². The first-order valence-corrected chi connectivity index (χ1v) is 12.3. The first-order chi connectivity index (χ1) is 19.4. The monoisotopic (exact) mass is 553 g/mol. The maximum atomic E-state index is 11.1. The molecule has 12 heteroatoms. The highest BCUT2D eigenvalue weighted by molar-refractivity contribution is 6.35. The van der Waals surface area contributed by atoms with Gasteiger partial charge in [0.15, 0.2) is 0 Å². The zero-order chi connectivity index (χ0) is 28.1. The van der Waals surface area contributed by atoms with Crippen LogP contribution in [0.25, 0.3) is 16.6 Å². The molecule has 0 aliphatic heterocycles. The average Bonchev–Trinajstić information content (AvgIpc) is 3.25. The molecule has 2 N–H and O–H groups in total. The number of nitrogens with one attached hydrogen (secondary N) is 2. The number of aromatic nitrogens is 1. The molecule has 0 spiro atoms. The maximum Gasteiger partial charge on any atom is 0.271 e. The van der Waals surface area contributed by atoms with E-state index in [1.165, 1.54) is 24.3 Å². The van der Waals surface area contributed by atoms with E-state index in [0.29, 0.717) is 22.1 Å². The van der Waals surface area contributed by atoms with Gasteiger partial charge >= 0.3 is 0 Å². The van der Waals surface area contributed by atoms with Gasteiger partial charge in [-0.25, -0.2) is 0 Å². The van der Waals surface area contributed by atoms with Crippen LogP contribution in [0.3, 0.4) is 0 Å². The van der Waals surface area contributed by atoms with Crippen LogP contribution in [0.15, 0.2) is 107 Å². The van der Waals surface area contributed by atoms with Gasteiger partial charge in [0.2, 0.25) is 0 Å². The van der Waals surface area contributed by atoms with Gasteiger partial charge in [-0.1, -0.05) is 60.1 Å². The Labute approximate surface area is 232 Å². The minimum absolute atomic E-state index is 0.0466. The van der Waals surface area contributed by atoms with E-state index in [2.05, 4.69) is 21.1 Å². The molecule has 198 valence electrons. The first-order valence-electron chi connectivity index (χ1n) is 11.9. The molecule has 1 aromatic heterocycles. The molecule has 0 bridgehead atoms. The van der Waals surface area contributed by atoms with Crippen LogP contribution >= 0.6 is 11.6 Å². The summed E-state index contributed by atoms with van der Waals surface area (Å²) in [5.74, 6) is 0. The fourth-order valence-electron chi connectivity index (χ4n) is 4.13. The van der Waals surface area contributed by atoms with Crippen LogP contribution in [-0.2, 0) is 0 Å². The molecular weight excluding hydrogens is 534 g/mol. The Hall–Kier alpha value is -5.55. The largest absolute Gasteiger partial charge is 0.299 e. The van der Waals surface area contributed by atoms with Gasteiger partial charge in [0.1, 0.15) is 5.15 Å². The zero-order valence-electron chi connectivity index (χ0n) is 20.6. The molecule has 0 radical (unpaired) electrons. The fourth-order valence-corrected chi connectivity index (χ4v) is 4.46. The van der Waals surface area contributed by atoms with Crippen molar-refractivity contribution in [2.24, 2.45) is 10.2 Å². The van der Waals surface area contributed by atoms with Crippen molar-refractivity contribution < 1.29 is 9.85 Å². The van der Waals surface area contributed by atoms with Crippen LogP contribution in [0.2, 0.25) is 5.15 Å². The fraction of sp³-hybridized carbons (Fsp3) is 0. The molecule has 40 heavy (non-hydrogen) atoms. The number of benzene rings is 4. The number of hydrogen-bond donors (Lipinski definition) is 2. The Morgan fingerprint density at radius 1 is 0.725 bits per heavy atom. The lowest BCUT2D eigenvalue weighted by molar-refractivity contribution is -0.385. The number of halogens is 1. The number of non-ortho nitro benzene ring substituents is 2. The van der Waals surface area contributed by atoms with Crippen molar-refractivity contribution >= 4 is 57.7 Å². The predicted molar refractivity (Wildman–Crippen MR) is 157 cm³/mol. The van der Waals surface area contributed by atoms with E-state index in [4.69, 9.17) is 11.6 Å². The second-order valence-corrected chi connectivity index (χ2v) is 8.83. The Balaban J connectivity index is 1.53. The van der Waals surface area contributed by atoms with E-state index in [-0.39, 0.29) is 11.4 Å². The molecule has 5 rings (SSSR count). The minimum Gasteiger partial charge on any atom is -0.299 e. The Morgan fingerprint density at radius 3 is 1.90 bits per heavy atom. The summed E-state index contributed by atoms with van der Waals surface area (Å²) in [5.41, 5.74) is 9.41. The average molecular weight is 554 g/mol. The van der Waals surface area contributed by atoms with Crippen LogP contribution in [-0.4, -0.2) is 26.8 Å². The number of para-hydroxylation sites is 2. The molecule has 1 heterocycles. The maximum absolute atomic E-state index is 11.1. The molecule has 0 saturated heterocycles. The number of rotatable bonds is 9. The van der Waals surface area contributed by atoms with Crippen LogP contribution in [0.4, 0.5) is 22.7 Å². The molecule has 4 aromatic carbocycles. The lowest BCUT2D eigenvalue weighted by Crippen LogP contribution is -1.98. The van der Waals surface area contributed by atoms with Gasteiger partial charge in [0.25, 0.3) is 11.4 Å². The van der Waals surface area contributed by atoms with Crippen molar-refractivity contribution in [3.8, 4) is 5.69 Å². The van der Waals surface area contributed by atoms with E-state index >= 15 is 0 Å². The van der Waals surface area contributed by atoms with Crippen LogP contribution in [0.1, 0.15) is 11.1 Å². The number of hydrazone groups is 2. The summed E-state index contributed by atoms with van der Waals surface area (Å²) < 4.78 is 1.88. The number of anilines is 2. The lowest BCUT2D eigenvalue weighted by atomic mass is 10.1. The molecule has 0 saturated carbocycles. The van der Waals surface area contributed by atoms with Crippen molar-refractivity contribution in [1.29, 1.82) is 0 Å². The summed E-state index contributed by atoms with van der Waals surface area (Å²) in [6, 6.07) is 27.2. The summed E-state index contributed by atoms with van der Waals surface area (Å²) in [5, 5.41) is 31.9. The number of nitro groups is 2. The third-order valence-corrected chi connectivity index (χ3v) is 6.29. The Bertz CT molecular complexity index is 1780. The molecule has 0 amide bonds. The smallest absolute Gasteiger partial charge is 0.271 e. The highest BCUT2D eigenvalue weighted by Crippen LogP contribution is 2.34. The molecule has 0 atom stereocenters. The molecular formula is C28H20ClN7O4. The standard InChI is InChI=1S/C28H20ClN7O4/c29-28-26(18-31-33-21-9-6-13-24(16-21)36(39)40)25-14-4-7-19(27(25)34(28)22-10-2-1-3-11-22)17-30-32-20-8-5-12-23(15-20)35(37)38/h1-18,32-33H. The number of fused-ring (bicyclic) bond motifs is 1. The lowest BCUT2D eigenvalue weighted by Gasteiger charge is -2.09. The van der Waals surface area contributed by atoms with Crippen molar-refractivity contribution in [1.82, 2.24) is 4.57 Å². The summed E-state index contributed by atoms with van der Waals surface area (Å²) >= 11 is 6.91. The van der Waals surface area contributed by atoms with Gasteiger partial charge in [-0.15, -0.1) is 0 Å². The van der Waals surface area contributed by atoms with E-state index in [9.17, 15) is 20.2 Å². The van der Waals surface area contributed by atoms with Gasteiger partial charge in [-0.2, -0.15) is 10.2 Å². The van der Waals surface area contributed by atoms with Crippen molar-refractivity contribution in [2.75, 3.05) is 10.9 Å². The number of hydrogen-bond acceptors (Lipinski definition) is 8. The van der Waals surface area contributed by atoms with E-state index < -0.39 is 9.85 Å². The predicted octanol–water partition coefficient (Wildman–Crippen LogP) is 6.99. The molecule has 0 aliphatic carbocycles. The Kier molecular flexibility index (Phi) is 7.47. The van der Waals surface area contributed by atoms with E-state index in [1.54, 1.807) is 36.7 Å². The summed E-state index contributed by atoms with van der Waals surface area (Å²) in [7, 11) is 0. The highest BCUT2D eigenvalue weighted by Gasteiger charge is 2.18. The molecule has 0 fully saturated rings. The second kappa shape index (κ2) is 11.5. The summed E-state index contributed by atoms with van der Waals surface area (Å²) in [6.45, 7) is 0. The summed E-state index contributed by atoms with van der Waals surface area (Å²) in [4.78, 5) is 21.2. The highest BCUT2D eigenvalue weighted by atomic mass is 35.5. The summed E-state index contributed by atoms with van der Waals surface area (Å²) in [6.07, 6.45) is 3.17.